The van der Waals surface area contributed by atoms with Crippen LogP contribution in [-0.4, -0.2) is 66.4 Å². The zero-order valence-corrected chi connectivity index (χ0v) is 12.3. The average Bonchev–Trinajstić information content (AvgIpc) is 2.35. The van der Waals surface area contributed by atoms with Gasteiger partial charge in [0.05, 0.1) is 0 Å². The Morgan fingerprint density at radius 1 is 0.810 bits per heavy atom. The highest BCUT2D eigenvalue weighted by atomic mass is 16.5. The Balaban J connectivity index is 0. The molecule has 0 saturated heterocycles. The van der Waals surface area contributed by atoms with E-state index in [4.69, 9.17) is 25.2 Å². The zero-order chi connectivity index (χ0) is 17.6. The second-order valence-electron chi connectivity index (χ2n) is 5.00. The van der Waals surface area contributed by atoms with Gasteiger partial charge in [0.1, 0.15) is 6.61 Å². The monoisotopic (exact) mass is 310 g/mol. The van der Waals surface area contributed by atoms with Gasteiger partial charge < -0.3 is 30.6 Å². The van der Waals surface area contributed by atoms with Crippen molar-refractivity contribution >= 4 is 17.9 Å². The van der Waals surface area contributed by atoms with Crippen molar-refractivity contribution in [3.8, 4) is 0 Å². The third-order valence-corrected chi connectivity index (χ3v) is 3.04. The summed E-state index contributed by atoms with van der Waals surface area (Å²) in [6.07, 6.45) is 0. The molecule has 0 aromatic carbocycles. The van der Waals surface area contributed by atoms with Gasteiger partial charge in [-0.3, -0.25) is 0 Å². The van der Waals surface area contributed by atoms with Crippen LogP contribution in [0.3, 0.4) is 0 Å². The SMILES string of the molecule is CC(C)[C@@](O)(C(=O)O)[C@](O)(C(=O)O)C(C)C.O=C(O)CO. The van der Waals surface area contributed by atoms with E-state index in [2.05, 4.69) is 0 Å². The summed E-state index contributed by atoms with van der Waals surface area (Å²) < 4.78 is 0. The third kappa shape index (κ3) is 4.38. The Bertz CT molecular complexity index is 360. The molecule has 0 fully saturated rings. The number of carboxylic acid groups (broad SMARTS) is 3. The van der Waals surface area contributed by atoms with E-state index in [0.29, 0.717) is 0 Å². The normalized spacial score (nSPS) is 16.4. The van der Waals surface area contributed by atoms with Crippen molar-refractivity contribution in [2.75, 3.05) is 6.61 Å². The van der Waals surface area contributed by atoms with Crippen molar-refractivity contribution in [3.05, 3.63) is 0 Å². The van der Waals surface area contributed by atoms with E-state index < -0.39 is 47.6 Å². The molecule has 0 aliphatic heterocycles. The number of hydrogen-bond acceptors (Lipinski definition) is 6. The first-order valence-electron chi connectivity index (χ1n) is 6.04. The van der Waals surface area contributed by atoms with Gasteiger partial charge in [-0.05, 0) is 11.8 Å². The van der Waals surface area contributed by atoms with Gasteiger partial charge in [0.2, 0.25) is 11.2 Å². The Kier molecular flexibility index (Phi) is 8.13. The summed E-state index contributed by atoms with van der Waals surface area (Å²) in [4.78, 5) is 31.2. The minimum atomic E-state index is -2.73. The molecule has 6 N–H and O–H groups in total. The predicted molar refractivity (Wildman–Crippen MR) is 69.6 cm³/mol. The second kappa shape index (κ2) is 7.91. The molecule has 124 valence electrons. The van der Waals surface area contributed by atoms with Gasteiger partial charge in [0.15, 0.2) is 0 Å². The maximum absolute atomic E-state index is 11.0. The quantitative estimate of drug-likeness (QED) is 0.359. The molecule has 9 heteroatoms. The average molecular weight is 310 g/mol. The molecule has 0 aliphatic rings. The molecular formula is C12H22O9. The van der Waals surface area contributed by atoms with Crippen LogP contribution in [0, 0.1) is 11.8 Å². The molecule has 0 aliphatic carbocycles. The Morgan fingerprint density at radius 3 is 1.05 bits per heavy atom. The number of rotatable bonds is 6. The van der Waals surface area contributed by atoms with Crippen molar-refractivity contribution in [1.82, 2.24) is 0 Å². The first-order chi connectivity index (χ1) is 9.29. The number of carbonyl (C=O) groups is 3. The first-order valence-corrected chi connectivity index (χ1v) is 6.04. The summed E-state index contributed by atoms with van der Waals surface area (Å²) in [6, 6.07) is 0. The third-order valence-electron chi connectivity index (χ3n) is 3.04. The molecule has 0 rings (SSSR count). The van der Waals surface area contributed by atoms with E-state index in [1.54, 1.807) is 0 Å². The van der Waals surface area contributed by atoms with Gasteiger partial charge in [-0.1, -0.05) is 27.7 Å². The van der Waals surface area contributed by atoms with Crippen molar-refractivity contribution < 1.29 is 45.0 Å². The van der Waals surface area contributed by atoms with Gasteiger partial charge >= 0.3 is 17.9 Å². The lowest BCUT2D eigenvalue weighted by Crippen LogP contribution is -2.68. The summed E-state index contributed by atoms with van der Waals surface area (Å²) in [5.74, 6) is -6.59. The fourth-order valence-corrected chi connectivity index (χ4v) is 1.70. The van der Waals surface area contributed by atoms with E-state index >= 15 is 0 Å². The molecule has 0 spiro atoms. The van der Waals surface area contributed by atoms with Crippen LogP contribution in [-0.2, 0) is 14.4 Å². The molecular weight excluding hydrogens is 288 g/mol. The smallest absolute Gasteiger partial charge is 0.339 e. The van der Waals surface area contributed by atoms with E-state index in [1.165, 1.54) is 27.7 Å². The number of aliphatic hydroxyl groups excluding tert-OH is 1. The zero-order valence-electron chi connectivity index (χ0n) is 12.3. The van der Waals surface area contributed by atoms with Crippen LogP contribution in [0.4, 0.5) is 0 Å². The standard InChI is InChI=1S/C10H18O6.C2H4O3/c1-5(2)9(15,7(11)12)10(16,6(3)4)8(13)14;3-1-2(4)5/h5-6,15-16H,1-4H3,(H,11,12)(H,13,14);3H,1H2,(H,4,5)/t9-,10-;/m1./s1. The first kappa shape index (κ1) is 21.6. The fraction of sp³-hybridized carbons (Fsp3) is 0.750. The minimum Gasteiger partial charge on any atom is -0.480 e. The van der Waals surface area contributed by atoms with Crippen LogP contribution in [0.2, 0.25) is 0 Å². The highest BCUT2D eigenvalue weighted by Gasteiger charge is 2.63. The maximum Gasteiger partial charge on any atom is 0.339 e. The summed E-state index contributed by atoms with van der Waals surface area (Å²) in [5, 5.41) is 52.9. The number of aliphatic carboxylic acids is 3. The Hall–Kier alpha value is -1.71. The van der Waals surface area contributed by atoms with E-state index in [9.17, 15) is 19.8 Å². The van der Waals surface area contributed by atoms with Gasteiger partial charge in [0.25, 0.3) is 0 Å². The summed E-state index contributed by atoms with van der Waals surface area (Å²) in [5.41, 5.74) is -5.46. The molecule has 0 heterocycles. The number of carboxylic acids is 3. The van der Waals surface area contributed by atoms with Crippen LogP contribution in [0.1, 0.15) is 27.7 Å². The largest absolute Gasteiger partial charge is 0.480 e. The molecule has 9 nitrogen and oxygen atoms in total. The van der Waals surface area contributed by atoms with Gasteiger partial charge in [0, 0.05) is 0 Å². The molecule has 0 bridgehead atoms. The molecule has 0 saturated carbocycles. The number of hydrogen-bond donors (Lipinski definition) is 6. The van der Waals surface area contributed by atoms with Crippen LogP contribution in [0.25, 0.3) is 0 Å². The van der Waals surface area contributed by atoms with Crippen molar-refractivity contribution in [2.45, 2.75) is 38.9 Å². The molecule has 0 radical (unpaired) electrons. The van der Waals surface area contributed by atoms with Crippen LogP contribution in [0.5, 0.6) is 0 Å². The van der Waals surface area contributed by atoms with E-state index in [-0.39, 0.29) is 0 Å². The molecule has 0 aromatic rings. The highest BCUT2D eigenvalue weighted by molar-refractivity contribution is 5.91. The molecule has 0 unspecified atom stereocenters. The molecule has 2 atom stereocenters. The second-order valence-corrected chi connectivity index (χ2v) is 5.00. The minimum absolute atomic E-state index is 0.778. The fourth-order valence-electron chi connectivity index (χ4n) is 1.70. The summed E-state index contributed by atoms with van der Waals surface area (Å²) in [7, 11) is 0. The van der Waals surface area contributed by atoms with Crippen molar-refractivity contribution in [2.24, 2.45) is 11.8 Å². The van der Waals surface area contributed by atoms with Gasteiger partial charge in [-0.15, -0.1) is 0 Å². The number of aliphatic hydroxyl groups is 3. The van der Waals surface area contributed by atoms with Crippen LogP contribution >= 0.6 is 0 Å². The topological polar surface area (TPSA) is 173 Å². The van der Waals surface area contributed by atoms with Gasteiger partial charge in [-0.2, -0.15) is 0 Å². The van der Waals surface area contributed by atoms with Crippen LogP contribution < -0.4 is 0 Å². The van der Waals surface area contributed by atoms with Crippen LogP contribution in [0.15, 0.2) is 0 Å². The summed E-state index contributed by atoms with van der Waals surface area (Å²) in [6.45, 7) is 4.57. The Morgan fingerprint density at radius 2 is 1.00 bits per heavy atom. The molecule has 0 aromatic heterocycles. The molecule has 21 heavy (non-hydrogen) atoms. The van der Waals surface area contributed by atoms with Crippen molar-refractivity contribution in [3.63, 3.8) is 0 Å². The van der Waals surface area contributed by atoms with Crippen molar-refractivity contribution in [1.29, 1.82) is 0 Å². The highest BCUT2D eigenvalue weighted by Crippen LogP contribution is 2.36. The molecule has 0 amide bonds. The summed E-state index contributed by atoms with van der Waals surface area (Å²) >= 11 is 0. The van der Waals surface area contributed by atoms with Gasteiger partial charge in [-0.25, -0.2) is 14.4 Å². The lowest BCUT2D eigenvalue weighted by molar-refractivity contribution is -0.225. The maximum atomic E-state index is 11.0. The lowest BCUT2D eigenvalue weighted by atomic mass is 9.69. The predicted octanol–water partition coefficient (Wildman–Crippen LogP) is -1.01. The lowest BCUT2D eigenvalue weighted by Gasteiger charge is -2.42. The van der Waals surface area contributed by atoms with E-state index in [0.717, 1.165) is 0 Å². The Labute approximate surface area is 121 Å². The van der Waals surface area contributed by atoms with E-state index in [1.807, 2.05) is 0 Å².